The highest BCUT2D eigenvalue weighted by Gasteiger charge is 2.47. The van der Waals surface area contributed by atoms with Crippen LogP contribution in [0.4, 0.5) is 19.1 Å². The van der Waals surface area contributed by atoms with Gasteiger partial charge in [-0.05, 0) is 69.8 Å². The number of ether oxygens (including phenoxy) is 1. The van der Waals surface area contributed by atoms with E-state index in [1.807, 2.05) is 30.3 Å². The molecule has 30 heavy (non-hydrogen) atoms. The molecule has 0 saturated carbocycles. The Morgan fingerprint density at radius 2 is 1.87 bits per heavy atom. The van der Waals surface area contributed by atoms with Crippen molar-refractivity contribution in [2.75, 3.05) is 31.6 Å². The van der Waals surface area contributed by atoms with Crippen LogP contribution in [0.25, 0.3) is 0 Å². The second-order valence-electron chi connectivity index (χ2n) is 8.12. The quantitative estimate of drug-likeness (QED) is 0.679. The number of likely N-dealkylation sites (tertiary alicyclic amines) is 1. The summed E-state index contributed by atoms with van der Waals surface area (Å²) >= 11 is 0. The summed E-state index contributed by atoms with van der Waals surface area (Å²) in [4.78, 5) is 6.39. The number of alkyl halides is 3. The van der Waals surface area contributed by atoms with E-state index >= 15 is 0 Å². The number of benzene rings is 1. The molecule has 1 aromatic carbocycles. The fourth-order valence-electron chi connectivity index (χ4n) is 4.45. The first-order valence-corrected chi connectivity index (χ1v) is 10.6. The van der Waals surface area contributed by atoms with Gasteiger partial charge < -0.3 is 15.0 Å². The first kappa shape index (κ1) is 21.0. The van der Waals surface area contributed by atoms with E-state index in [-0.39, 0.29) is 24.3 Å². The molecule has 0 spiro atoms. The molecule has 3 heterocycles. The van der Waals surface area contributed by atoms with E-state index in [1.165, 1.54) is 6.33 Å². The SMILES string of the molecule is FC(F)(F)[C@H]1C[C@@H](C2CCN(CCCCOc3ccccc3)CC2)Nc2ncnn21. The second-order valence-corrected chi connectivity index (χ2v) is 8.12. The summed E-state index contributed by atoms with van der Waals surface area (Å²) in [5.74, 6) is 1.35. The van der Waals surface area contributed by atoms with Crippen LogP contribution in [0.2, 0.25) is 0 Å². The Balaban J connectivity index is 1.19. The lowest BCUT2D eigenvalue weighted by molar-refractivity contribution is -0.174. The van der Waals surface area contributed by atoms with Gasteiger partial charge in [-0.2, -0.15) is 23.3 Å². The van der Waals surface area contributed by atoms with Crippen molar-refractivity contribution in [2.24, 2.45) is 5.92 Å². The van der Waals surface area contributed by atoms with Crippen LogP contribution in [0.15, 0.2) is 36.7 Å². The zero-order valence-corrected chi connectivity index (χ0v) is 16.9. The minimum Gasteiger partial charge on any atom is -0.494 e. The van der Waals surface area contributed by atoms with Crippen LogP contribution in [0.5, 0.6) is 5.75 Å². The second kappa shape index (κ2) is 9.24. The predicted molar refractivity (Wildman–Crippen MR) is 107 cm³/mol. The zero-order chi connectivity index (χ0) is 21.0. The third kappa shape index (κ3) is 5.06. The van der Waals surface area contributed by atoms with Crippen LogP contribution in [0, 0.1) is 5.92 Å². The fourth-order valence-corrected chi connectivity index (χ4v) is 4.45. The molecule has 2 aromatic rings. The monoisotopic (exact) mass is 423 g/mol. The molecule has 0 radical (unpaired) electrons. The van der Waals surface area contributed by atoms with Gasteiger partial charge in [-0.15, -0.1) is 0 Å². The normalized spacial score (nSPS) is 23.0. The molecule has 1 saturated heterocycles. The summed E-state index contributed by atoms with van der Waals surface area (Å²) in [6.07, 6.45) is 0.731. The lowest BCUT2D eigenvalue weighted by atomic mass is 9.85. The zero-order valence-electron chi connectivity index (χ0n) is 16.9. The molecule has 4 rings (SSSR count). The Morgan fingerprint density at radius 1 is 1.10 bits per heavy atom. The van der Waals surface area contributed by atoms with Gasteiger partial charge in [-0.3, -0.25) is 0 Å². The fraction of sp³-hybridized carbons (Fsp3) is 0.619. The minimum absolute atomic E-state index is 0.0152. The lowest BCUT2D eigenvalue weighted by Gasteiger charge is -2.40. The van der Waals surface area contributed by atoms with Gasteiger partial charge >= 0.3 is 6.18 Å². The van der Waals surface area contributed by atoms with Crippen molar-refractivity contribution in [3.63, 3.8) is 0 Å². The Kier molecular flexibility index (Phi) is 6.46. The molecule has 2 aliphatic heterocycles. The molecular weight excluding hydrogens is 395 g/mol. The molecule has 2 atom stereocenters. The van der Waals surface area contributed by atoms with Gasteiger partial charge in [0, 0.05) is 6.04 Å². The first-order valence-electron chi connectivity index (χ1n) is 10.6. The van der Waals surface area contributed by atoms with Gasteiger partial charge in [0.25, 0.3) is 0 Å². The van der Waals surface area contributed by atoms with E-state index in [1.54, 1.807) is 0 Å². The van der Waals surface area contributed by atoms with Gasteiger partial charge in [-0.1, -0.05) is 18.2 Å². The number of nitrogens with zero attached hydrogens (tertiary/aromatic N) is 4. The molecule has 6 nitrogen and oxygen atoms in total. The van der Waals surface area contributed by atoms with E-state index in [9.17, 15) is 13.2 Å². The molecule has 0 amide bonds. The van der Waals surface area contributed by atoms with E-state index in [4.69, 9.17) is 4.74 Å². The van der Waals surface area contributed by atoms with E-state index in [0.717, 1.165) is 55.7 Å². The Morgan fingerprint density at radius 3 is 2.60 bits per heavy atom. The van der Waals surface area contributed by atoms with Crippen molar-refractivity contribution in [2.45, 2.75) is 50.4 Å². The maximum absolute atomic E-state index is 13.5. The number of rotatable bonds is 7. The highest BCUT2D eigenvalue weighted by molar-refractivity contribution is 5.30. The molecule has 1 N–H and O–H groups in total. The van der Waals surface area contributed by atoms with E-state index in [0.29, 0.717) is 6.61 Å². The van der Waals surface area contributed by atoms with E-state index in [2.05, 4.69) is 20.3 Å². The van der Waals surface area contributed by atoms with Crippen molar-refractivity contribution in [1.82, 2.24) is 19.7 Å². The van der Waals surface area contributed by atoms with Crippen molar-refractivity contribution in [3.8, 4) is 5.75 Å². The highest BCUT2D eigenvalue weighted by Crippen LogP contribution is 2.41. The molecule has 0 bridgehead atoms. The number of aromatic nitrogens is 3. The molecular formula is C21H28F3N5O. The summed E-state index contributed by atoms with van der Waals surface area (Å²) in [7, 11) is 0. The van der Waals surface area contributed by atoms with Crippen LogP contribution < -0.4 is 10.1 Å². The lowest BCUT2D eigenvalue weighted by Crippen LogP contribution is -2.46. The Hall–Kier alpha value is -2.29. The summed E-state index contributed by atoms with van der Waals surface area (Å²) in [6, 6.07) is 7.99. The van der Waals surface area contributed by atoms with Gasteiger partial charge in [0.05, 0.1) is 6.61 Å². The van der Waals surface area contributed by atoms with Gasteiger partial charge in [0.1, 0.15) is 12.1 Å². The Labute approximate surface area is 174 Å². The van der Waals surface area contributed by atoms with Crippen molar-refractivity contribution in [1.29, 1.82) is 0 Å². The first-order chi connectivity index (χ1) is 14.5. The number of para-hydroxylation sites is 1. The summed E-state index contributed by atoms with van der Waals surface area (Å²) in [5.41, 5.74) is 0. The van der Waals surface area contributed by atoms with Crippen LogP contribution in [0.3, 0.4) is 0 Å². The van der Waals surface area contributed by atoms with Gasteiger partial charge in [0.15, 0.2) is 6.04 Å². The van der Waals surface area contributed by atoms with Crippen molar-refractivity contribution in [3.05, 3.63) is 36.7 Å². The highest BCUT2D eigenvalue weighted by atomic mass is 19.4. The topological polar surface area (TPSA) is 55.2 Å². The van der Waals surface area contributed by atoms with Crippen LogP contribution in [0.1, 0.15) is 38.1 Å². The molecule has 1 fully saturated rings. The number of piperidine rings is 1. The number of fused-ring (bicyclic) bond motifs is 1. The minimum atomic E-state index is -4.31. The van der Waals surface area contributed by atoms with Gasteiger partial charge in [0.2, 0.25) is 5.95 Å². The standard InChI is InChI=1S/C21H28F3N5O/c22-21(23,24)19-14-18(27-20-25-15-26-29(19)20)16-8-11-28(12-9-16)10-4-5-13-30-17-6-2-1-3-7-17/h1-3,6-7,15-16,18-19H,4-5,8-14H2,(H,25,26,27)/t18-,19+/m0/s1. The molecule has 9 heteroatoms. The molecule has 0 unspecified atom stereocenters. The largest absolute Gasteiger partial charge is 0.494 e. The predicted octanol–water partition coefficient (Wildman–Crippen LogP) is 4.14. The van der Waals surface area contributed by atoms with Gasteiger partial charge in [-0.25, -0.2) is 4.68 Å². The van der Waals surface area contributed by atoms with Crippen molar-refractivity contribution >= 4 is 5.95 Å². The Bertz CT molecular complexity index is 789. The molecule has 1 aromatic heterocycles. The third-order valence-corrected chi connectivity index (χ3v) is 6.12. The molecule has 164 valence electrons. The van der Waals surface area contributed by atoms with Crippen LogP contribution in [-0.2, 0) is 0 Å². The number of hydrogen-bond acceptors (Lipinski definition) is 5. The number of nitrogens with one attached hydrogen (secondary N) is 1. The number of halogens is 3. The maximum Gasteiger partial charge on any atom is 0.411 e. The summed E-state index contributed by atoms with van der Waals surface area (Å²) < 4.78 is 47.1. The van der Waals surface area contributed by atoms with Crippen molar-refractivity contribution < 1.29 is 17.9 Å². The average molecular weight is 423 g/mol. The number of unbranched alkanes of at least 4 members (excludes halogenated alkanes) is 1. The van der Waals surface area contributed by atoms with E-state index < -0.39 is 12.2 Å². The molecule has 0 aliphatic carbocycles. The average Bonchev–Trinajstić information content (AvgIpc) is 3.22. The third-order valence-electron chi connectivity index (χ3n) is 6.12. The summed E-state index contributed by atoms with van der Waals surface area (Å²) in [5, 5.41) is 6.96. The molecule has 2 aliphatic rings. The van der Waals surface area contributed by atoms with Crippen LogP contribution >= 0.6 is 0 Å². The summed E-state index contributed by atoms with van der Waals surface area (Å²) in [6.45, 7) is 3.55. The number of anilines is 1. The maximum atomic E-state index is 13.5. The van der Waals surface area contributed by atoms with Crippen LogP contribution in [-0.4, -0.2) is 58.1 Å². The smallest absolute Gasteiger partial charge is 0.411 e. The number of hydrogen-bond donors (Lipinski definition) is 1.